The van der Waals surface area contributed by atoms with Gasteiger partial charge >= 0.3 is 6.09 Å². The van der Waals surface area contributed by atoms with Gasteiger partial charge in [-0.05, 0) is 39.8 Å². The van der Waals surface area contributed by atoms with Crippen LogP contribution in [0, 0.1) is 6.92 Å². The van der Waals surface area contributed by atoms with Gasteiger partial charge in [0.1, 0.15) is 5.60 Å². The van der Waals surface area contributed by atoms with Gasteiger partial charge in [0.15, 0.2) is 0 Å². The maximum absolute atomic E-state index is 11.8. The van der Waals surface area contributed by atoms with Crippen LogP contribution in [0.3, 0.4) is 0 Å². The van der Waals surface area contributed by atoms with Crippen LogP contribution < -0.4 is 10.3 Å². The van der Waals surface area contributed by atoms with Crippen molar-refractivity contribution >= 4 is 16.1 Å². The van der Waals surface area contributed by atoms with Crippen molar-refractivity contribution in [2.24, 2.45) is 0 Å². The molecule has 6 nitrogen and oxygen atoms in total. The molecule has 1 aromatic rings. The second kappa shape index (κ2) is 5.58. The number of nitrogens with one attached hydrogen (secondary N) is 2. The summed E-state index contributed by atoms with van der Waals surface area (Å²) >= 11 is 0. The quantitative estimate of drug-likeness (QED) is 0.828. The zero-order valence-electron chi connectivity index (χ0n) is 11.4. The summed E-state index contributed by atoms with van der Waals surface area (Å²) in [7, 11) is -3.79. The summed E-state index contributed by atoms with van der Waals surface area (Å²) in [6, 6.07) is 6.24. The fraction of sp³-hybridized carbons (Fsp3) is 0.417. The summed E-state index contributed by atoms with van der Waals surface area (Å²) in [6.45, 7) is 6.89. The summed E-state index contributed by atoms with van der Waals surface area (Å²) in [5.74, 6) is 0. The van der Waals surface area contributed by atoms with Gasteiger partial charge in [-0.25, -0.2) is 18.6 Å². The van der Waals surface area contributed by atoms with Crippen molar-refractivity contribution in [3.8, 4) is 0 Å². The molecule has 106 valence electrons. The number of rotatable bonds is 3. The van der Waals surface area contributed by atoms with E-state index >= 15 is 0 Å². The monoisotopic (exact) mass is 286 g/mol. The standard InChI is InChI=1S/C12H18N2O4S/c1-9-5-7-10(8-6-9)19(16,17)14-13-11(15)18-12(2,3)4/h5-8,14H,1-4H3,(H,13,15). The molecule has 0 unspecified atom stereocenters. The van der Waals surface area contributed by atoms with Gasteiger partial charge in [-0.3, -0.25) is 0 Å². The second-order valence-electron chi connectivity index (χ2n) is 5.05. The maximum Gasteiger partial charge on any atom is 0.423 e. The van der Waals surface area contributed by atoms with E-state index in [4.69, 9.17) is 4.74 Å². The van der Waals surface area contributed by atoms with E-state index in [9.17, 15) is 13.2 Å². The van der Waals surface area contributed by atoms with E-state index in [1.165, 1.54) is 12.1 Å². The van der Waals surface area contributed by atoms with Gasteiger partial charge in [0.05, 0.1) is 4.90 Å². The topological polar surface area (TPSA) is 84.5 Å². The number of hydrazine groups is 1. The molecular weight excluding hydrogens is 268 g/mol. The highest BCUT2D eigenvalue weighted by Gasteiger charge is 2.19. The number of hydrogen-bond acceptors (Lipinski definition) is 4. The SMILES string of the molecule is Cc1ccc(S(=O)(=O)NNC(=O)OC(C)(C)C)cc1. The molecule has 7 heteroatoms. The Labute approximate surface area is 113 Å². The van der Waals surface area contributed by atoms with Crippen LogP contribution in [0.5, 0.6) is 0 Å². The maximum atomic E-state index is 11.8. The first kappa shape index (κ1) is 15.5. The third kappa shape index (κ3) is 5.27. The van der Waals surface area contributed by atoms with Crippen molar-refractivity contribution in [3.63, 3.8) is 0 Å². The van der Waals surface area contributed by atoms with E-state index in [1.807, 2.05) is 17.2 Å². The minimum Gasteiger partial charge on any atom is -0.443 e. The molecule has 0 atom stereocenters. The van der Waals surface area contributed by atoms with E-state index < -0.39 is 21.7 Å². The zero-order chi connectivity index (χ0) is 14.7. The lowest BCUT2D eigenvalue weighted by molar-refractivity contribution is 0.0515. The molecule has 0 aliphatic rings. The minimum absolute atomic E-state index is 0.0640. The van der Waals surface area contributed by atoms with Crippen LogP contribution in [0.2, 0.25) is 0 Å². The summed E-state index contributed by atoms with van der Waals surface area (Å²) in [4.78, 5) is 13.4. The van der Waals surface area contributed by atoms with E-state index in [0.717, 1.165) is 5.56 Å². The van der Waals surface area contributed by atoms with Crippen molar-refractivity contribution < 1.29 is 17.9 Å². The average molecular weight is 286 g/mol. The van der Waals surface area contributed by atoms with Crippen molar-refractivity contribution in [2.75, 3.05) is 0 Å². The molecule has 0 aromatic heterocycles. The molecule has 0 aliphatic carbocycles. The van der Waals surface area contributed by atoms with E-state index in [1.54, 1.807) is 32.9 Å². The molecule has 0 aliphatic heterocycles. The lowest BCUT2D eigenvalue weighted by atomic mass is 10.2. The van der Waals surface area contributed by atoms with Gasteiger partial charge < -0.3 is 4.74 Å². The number of amides is 1. The molecule has 0 bridgehead atoms. The van der Waals surface area contributed by atoms with Gasteiger partial charge in [-0.15, -0.1) is 4.83 Å². The number of carbonyl (C=O) groups excluding carboxylic acids is 1. The van der Waals surface area contributed by atoms with Crippen molar-refractivity contribution in [2.45, 2.75) is 38.2 Å². The number of carbonyl (C=O) groups is 1. The predicted molar refractivity (Wildman–Crippen MR) is 70.9 cm³/mol. The first-order chi connectivity index (χ1) is 8.60. The summed E-state index contributed by atoms with van der Waals surface area (Å²) < 4.78 is 28.6. The van der Waals surface area contributed by atoms with E-state index in [2.05, 4.69) is 0 Å². The van der Waals surface area contributed by atoms with Gasteiger partial charge in [-0.2, -0.15) is 0 Å². The van der Waals surface area contributed by atoms with Crippen LogP contribution >= 0.6 is 0 Å². The first-order valence-electron chi connectivity index (χ1n) is 5.68. The highest BCUT2D eigenvalue weighted by molar-refractivity contribution is 7.89. The van der Waals surface area contributed by atoms with Crippen LogP contribution in [-0.2, 0) is 14.8 Å². The summed E-state index contributed by atoms with van der Waals surface area (Å²) in [5, 5.41) is 0. The average Bonchev–Trinajstić information content (AvgIpc) is 2.25. The van der Waals surface area contributed by atoms with Gasteiger partial charge in [0.25, 0.3) is 10.0 Å². The fourth-order valence-electron chi connectivity index (χ4n) is 1.19. The number of sulfonamides is 1. The molecular formula is C12H18N2O4S. The number of aryl methyl sites for hydroxylation is 1. The molecule has 0 saturated carbocycles. The van der Waals surface area contributed by atoms with Gasteiger partial charge in [0.2, 0.25) is 0 Å². The predicted octanol–water partition coefficient (Wildman–Crippen LogP) is 1.71. The summed E-state index contributed by atoms with van der Waals surface area (Å²) in [6.07, 6.45) is -0.858. The minimum atomic E-state index is -3.79. The second-order valence-corrected chi connectivity index (χ2v) is 6.73. The van der Waals surface area contributed by atoms with Crippen LogP contribution in [0.1, 0.15) is 26.3 Å². The molecule has 0 saturated heterocycles. The largest absolute Gasteiger partial charge is 0.443 e. The Morgan fingerprint density at radius 3 is 2.16 bits per heavy atom. The van der Waals surface area contributed by atoms with E-state index in [0.29, 0.717) is 0 Å². The zero-order valence-corrected chi connectivity index (χ0v) is 12.2. The van der Waals surface area contributed by atoms with Crippen molar-refractivity contribution in [3.05, 3.63) is 29.8 Å². The van der Waals surface area contributed by atoms with Crippen LogP contribution in [0.15, 0.2) is 29.2 Å². The first-order valence-corrected chi connectivity index (χ1v) is 7.16. The molecule has 19 heavy (non-hydrogen) atoms. The smallest absolute Gasteiger partial charge is 0.423 e. The lowest BCUT2D eigenvalue weighted by Gasteiger charge is -2.19. The Hall–Kier alpha value is -1.60. The molecule has 2 N–H and O–H groups in total. The van der Waals surface area contributed by atoms with Crippen LogP contribution in [0.25, 0.3) is 0 Å². The molecule has 0 spiro atoms. The molecule has 1 rings (SSSR count). The highest BCUT2D eigenvalue weighted by Crippen LogP contribution is 2.09. The Morgan fingerprint density at radius 1 is 1.16 bits per heavy atom. The number of hydrogen-bond donors (Lipinski definition) is 2. The molecule has 0 heterocycles. The normalized spacial score (nSPS) is 12.0. The van der Waals surface area contributed by atoms with Crippen LogP contribution in [-0.4, -0.2) is 20.1 Å². The highest BCUT2D eigenvalue weighted by atomic mass is 32.2. The van der Waals surface area contributed by atoms with Crippen LogP contribution in [0.4, 0.5) is 4.79 Å². The van der Waals surface area contributed by atoms with Crippen molar-refractivity contribution in [1.29, 1.82) is 0 Å². The Bertz CT molecular complexity index is 544. The Morgan fingerprint density at radius 2 is 1.68 bits per heavy atom. The van der Waals surface area contributed by atoms with Gasteiger partial charge in [-0.1, -0.05) is 17.7 Å². The third-order valence-electron chi connectivity index (χ3n) is 2.02. The van der Waals surface area contributed by atoms with Crippen molar-refractivity contribution in [1.82, 2.24) is 10.3 Å². The number of benzene rings is 1. The Kier molecular flexibility index (Phi) is 4.54. The molecule has 1 amide bonds. The van der Waals surface area contributed by atoms with E-state index in [-0.39, 0.29) is 4.90 Å². The lowest BCUT2D eigenvalue weighted by Crippen LogP contribution is -2.44. The van der Waals surface area contributed by atoms with Gasteiger partial charge in [0, 0.05) is 0 Å². The Balaban J connectivity index is 2.66. The molecule has 0 radical (unpaired) electrons. The molecule has 0 fully saturated rings. The fourth-order valence-corrected chi connectivity index (χ4v) is 2.02. The third-order valence-corrected chi connectivity index (χ3v) is 3.28. The molecule has 1 aromatic carbocycles. The number of ether oxygens (including phenoxy) is 1. The summed E-state index contributed by atoms with van der Waals surface area (Å²) in [5.41, 5.74) is 2.24.